The average molecular weight is 197 g/mol. The first-order valence-corrected chi connectivity index (χ1v) is 5.62. The van der Waals surface area contributed by atoms with Crippen LogP contribution in [0.1, 0.15) is 5.56 Å². The Kier molecular flexibility index (Phi) is 3.38. The van der Waals surface area contributed by atoms with Crippen LogP contribution in [0.5, 0.6) is 0 Å². The Morgan fingerprint density at radius 1 is 1.42 bits per heavy atom. The second-order valence-corrected chi connectivity index (χ2v) is 3.46. The molecule has 0 N–H and O–H groups in total. The van der Waals surface area contributed by atoms with Gasteiger partial charge in [-0.1, -0.05) is 11.8 Å². The molecular weight excluding hydrogens is 190 g/mol. The second kappa shape index (κ2) is 4.33. The van der Waals surface area contributed by atoms with Crippen molar-refractivity contribution in [2.45, 2.75) is 10.2 Å². The van der Waals surface area contributed by atoms with Gasteiger partial charge in [0, 0.05) is 0 Å². The van der Waals surface area contributed by atoms with Gasteiger partial charge in [-0.3, -0.25) is 0 Å². The lowest BCUT2D eigenvalue weighted by atomic mass is 10.4. The lowest BCUT2D eigenvalue weighted by Crippen LogP contribution is -1.91. The minimum absolute atomic E-state index is 0.542. The van der Waals surface area contributed by atoms with Gasteiger partial charge in [0.15, 0.2) is 5.16 Å². The van der Waals surface area contributed by atoms with Gasteiger partial charge in [-0.2, -0.15) is 5.26 Å². The molecule has 0 aliphatic rings. The number of hydrogen-bond donors (Lipinski definition) is 0. The van der Waals surface area contributed by atoms with Crippen molar-refractivity contribution in [2.24, 2.45) is 0 Å². The topological polar surface area (TPSA) is 49.6 Å². The summed E-state index contributed by atoms with van der Waals surface area (Å²) in [5.41, 5.74) is 0.542. The minimum Gasteiger partial charge on any atom is -0.230 e. The third-order valence-electron chi connectivity index (χ3n) is 1.23. The molecule has 12 heavy (non-hydrogen) atoms. The molecule has 0 aliphatic carbocycles. The Bertz CT molecular complexity index is 319. The van der Waals surface area contributed by atoms with E-state index in [1.54, 1.807) is 6.20 Å². The normalized spacial score (nSPS) is 9.42. The first-order valence-electron chi connectivity index (χ1n) is 3.17. The van der Waals surface area contributed by atoms with Crippen LogP contribution in [-0.4, -0.2) is 22.5 Å². The molecule has 1 heterocycles. The third-order valence-corrected chi connectivity index (χ3v) is 2.49. The largest absolute Gasteiger partial charge is 0.230 e. The van der Waals surface area contributed by atoms with Crippen LogP contribution in [0.4, 0.5) is 0 Å². The maximum Gasteiger partial charge on any atom is 0.188 e. The van der Waals surface area contributed by atoms with E-state index in [0.29, 0.717) is 10.7 Å². The molecule has 5 heteroatoms. The van der Waals surface area contributed by atoms with Gasteiger partial charge in [0.25, 0.3) is 0 Å². The Morgan fingerprint density at radius 3 is 2.67 bits per heavy atom. The van der Waals surface area contributed by atoms with Crippen LogP contribution < -0.4 is 0 Å². The zero-order valence-corrected chi connectivity index (χ0v) is 8.37. The first kappa shape index (κ1) is 9.36. The standard InChI is InChI=1S/C7H7N3S2/c1-11-6-5(3-8)4-9-7(10-6)12-2/h4H,1-2H3. The van der Waals surface area contributed by atoms with Crippen LogP contribution in [0.15, 0.2) is 16.4 Å². The predicted molar refractivity (Wildman–Crippen MR) is 50.3 cm³/mol. The maximum atomic E-state index is 8.66. The van der Waals surface area contributed by atoms with Crippen LogP contribution in [0.3, 0.4) is 0 Å². The van der Waals surface area contributed by atoms with Gasteiger partial charge in [-0.15, -0.1) is 11.8 Å². The highest BCUT2D eigenvalue weighted by Crippen LogP contribution is 2.18. The molecule has 1 aromatic rings. The van der Waals surface area contributed by atoms with E-state index in [4.69, 9.17) is 5.26 Å². The fourth-order valence-corrected chi connectivity index (χ4v) is 1.58. The van der Waals surface area contributed by atoms with Gasteiger partial charge in [0.2, 0.25) is 0 Å². The third kappa shape index (κ3) is 1.90. The summed E-state index contributed by atoms with van der Waals surface area (Å²) in [5, 5.41) is 10.1. The van der Waals surface area contributed by atoms with Crippen molar-refractivity contribution in [3.8, 4) is 6.07 Å². The van der Waals surface area contributed by atoms with Crippen LogP contribution in [0, 0.1) is 11.3 Å². The smallest absolute Gasteiger partial charge is 0.188 e. The minimum atomic E-state index is 0.542. The Balaban J connectivity index is 3.13. The highest BCUT2D eigenvalue weighted by Gasteiger charge is 2.03. The molecule has 1 rings (SSSR count). The van der Waals surface area contributed by atoms with E-state index in [-0.39, 0.29) is 0 Å². The zero-order valence-electron chi connectivity index (χ0n) is 6.74. The number of hydrogen-bond acceptors (Lipinski definition) is 5. The summed E-state index contributed by atoms with van der Waals surface area (Å²) in [6, 6.07) is 2.04. The first-order chi connectivity index (χ1) is 5.81. The van der Waals surface area contributed by atoms with Crippen LogP contribution in [0.2, 0.25) is 0 Å². The number of nitriles is 1. The molecule has 0 saturated carbocycles. The van der Waals surface area contributed by atoms with E-state index >= 15 is 0 Å². The molecule has 0 unspecified atom stereocenters. The predicted octanol–water partition coefficient (Wildman–Crippen LogP) is 1.79. The summed E-state index contributed by atoms with van der Waals surface area (Å²) in [6.07, 6.45) is 5.36. The van der Waals surface area contributed by atoms with E-state index in [0.717, 1.165) is 5.03 Å². The Morgan fingerprint density at radius 2 is 2.17 bits per heavy atom. The van der Waals surface area contributed by atoms with E-state index in [1.165, 1.54) is 23.5 Å². The lowest BCUT2D eigenvalue weighted by Gasteiger charge is -1.99. The lowest BCUT2D eigenvalue weighted by molar-refractivity contribution is 0.885. The monoisotopic (exact) mass is 197 g/mol. The summed E-state index contributed by atoms with van der Waals surface area (Å²) in [4.78, 5) is 8.17. The van der Waals surface area contributed by atoms with Crippen molar-refractivity contribution in [1.29, 1.82) is 5.26 Å². The van der Waals surface area contributed by atoms with E-state index < -0.39 is 0 Å². The molecule has 0 spiro atoms. The maximum absolute atomic E-state index is 8.66. The molecule has 0 bridgehead atoms. The second-order valence-electron chi connectivity index (χ2n) is 1.89. The Hall–Kier alpha value is -0.730. The van der Waals surface area contributed by atoms with E-state index in [2.05, 4.69) is 9.97 Å². The van der Waals surface area contributed by atoms with Gasteiger partial charge in [-0.25, -0.2) is 9.97 Å². The van der Waals surface area contributed by atoms with Crippen LogP contribution >= 0.6 is 23.5 Å². The number of thioether (sulfide) groups is 2. The molecule has 0 saturated heterocycles. The molecule has 62 valence electrons. The summed E-state index contributed by atoms with van der Waals surface area (Å²) in [5.74, 6) is 0. The molecule has 3 nitrogen and oxygen atoms in total. The molecule has 0 aliphatic heterocycles. The molecule has 0 fully saturated rings. The Labute approximate surface area is 79.6 Å². The average Bonchev–Trinajstić information content (AvgIpc) is 2.16. The highest BCUT2D eigenvalue weighted by atomic mass is 32.2. The van der Waals surface area contributed by atoms with Gasteiger partial charge in [-0.05, 0) is 12.5 Å². The fourth-order valence-electron chi connectivity index (χ4n) is 0.682. The van der Waals surface area contributed by atoms with Gasteiger partial charge < -0.3 is 0 Å². The highest BCUT2D eigenvalue weighted by molar-refractivity contribution is 7.99. The number of rotatable bonds is 2. The van der Waals surface area contributed by atoms with Crippen molar-refractivity contribution in [2.75, 3.05) is 12.5 Å². The van der Waals surface area contributed by atoms with Crippen molar-refractivity contribution in [3.63, 3.8) is 0 Å². The molecular formula is C7H7N3S2. The summed E-state index contributed by atoms with van der Waals surface area (Å²) in [6.45, 7) is 0. The number of aromatic nitrogens is 2. The summed E-state index contributed by atoms with van der Waals surface area (Å²) in [7, 11) is 0. The van der Waals surface area contributed by atoms with Crippen molar-refractivity contribution < 1.29 is 0 Å². The van der Waals surface area contributed by atoms with Crippen molar-refractivity contribution in [1.82, 2.24) is 9.97 Å². The molecule has 0 amide bonds. The fraction of sp³-hybridized carbons (Fsp3) is 0.286. The van der Waals surface area contributed by atoms with Crippen molar-refractivity contribution in [3.05, 3.63) is 11.8 Å². The summed E-state index contributed by atoms with van der Waals surface area (Å²) >= 11 is 2.94. The molecule has 0 aromatic carbocycles. The van der Waals surface area contributed by atoms with Crippen LogP contribution in [-0.2, 0) is 0 Å². The van der Waals surface area contributed by atoms with E-state index in [9.17, 15) is 0 Å². The van der Waals surface area contributed by atoms with Gasteiger partial charge >= 0.3 is 0 Å². The van der Waals surface area contributed by atoms with Crippen molar-refractivity contribution >= 4 is 23.5 Å². The SMILES string of the molecule is CSc1ncc(C#N)c(SC)n1. The van der Waals surface area contributed by atoms with E-state index in [1.807, 2.05) is 18.6 Å². The summed E-state index contributed by atoms with van der Waals surface area (Å²) < 4.78 is 0. The molecule has 0 atom stereocenters. The van der Waals surface area contributed by atoms with Gasteiger partial charge in [0.05, 0.1) is 6.20 Å². The van der Waals surface area contributed by atoms with Gasteiger partial charge in [0.1, 0.15) is 16.7 Å². The zero-order chi connectivity index (χ0) is 8.97. The number of nitrogens with zero attached hydrogens (tertiary/aromatic N) is 3. The van der Waals surface area contributed by atoms with Crippen LogP contribution in [0.25, 0.3) is 0 Å². The molecule has 0 radical (unpaired) electrons. The quantitative estimate of drug-likeness (QED) is 0.411. The molecule has 1 aromatic heterocycles.